The zero-order chi connectivity index (χ0) is 10.6. The maximum absolute atomic E-state index is 5.51. The molecule has 0 bridgehead atoms. The molecule has 0 amide bonds. The number of halogens is 1. The predicted octanol–water partition coefficient (Wildman–Crippen LogP) is 4.53. The molecule has 0 heterocycles. The molecule has 2 N–H and O–H groups in total. The van der Waals surface area contributed by atoms with E-state index in [9.17, 15) is 0 Å². The lowest BCUT2D eigenvalue weighted by Gasteiger charge is -2.08. The van der Waals surface area contributed by atoms with E-state index in [1.54, 1.807) is 0 Å². The van der Waals surface area contributed by atoms with E-state index in [4.69, 9.17) is 5.73 Å². The Morgan fingerprint density at radius 3 is 1.93 bits per heavy atom. The van der Waals surface area contributed by atoms with Crippen LogP contribution in [0.4, 0.5) is 0 Å². The lowest BCUT2D eigenvalue weighted by Crippen LogP contribution is -2.05. The van der Waals surface area contributed by atoms with Crippen LogP contribution in [0, 0.1) is 5.92 Å². The van der Waals surface area contributed by atoms with E-state index in [0.29, 0.717) is 0 Å². The predicted molar refractivity (Wildman–Crippen MR) is 72.7 cm³/mol. The van der Waals surface area contributed by atoms with Crippen LogP contribution in [0.25, 0.3) is 0 Å². The number of hydrogen-bond acceptors (Lipinski definition) is 1. The summed E-state index contributed by atoms with van der Waals surface area (Å²) in [5, 5.41) is 0. The van der Waals surface area contributed by atoms with Gasteiger partial charge in [0, 0.05) is 0 Å². The Bertz CT molecular complexity index is 107. The minimum absolute atomic E-state index is 0. The van der Waals surface area contributed by atoms with Crippen LogP contribution in [-0.2, 0) is 0 Å². The number of hydrogen-bond donors (Lipinski definition) is 1. The Morgan fingerprint density at radius 1 is 0.867 bits per heavy atom. The zero-order valence-corrected chi connectivity index (χ0v) is 11.5. The highest BCUT2D eigenvalue weighted by Crippen LogP contribution is 2.14. The van der Waals surface area contributed by atoms with E-state index in [1.807, 2.05) is 0 Å². The van der Waals surface area contributed by atoms with Crippen LogP contribution < -0.4 is 5.73 Å². The zero-order valence-electron chi connectivity index (χ0n) is 10.6. The molecule has 15 heavy (non-hydrogen) atoms. The molecule has 0 aliphatic carbocycles. The van der Waals surface area contributed by atoms with Crippen molar-refractivity contribution >= 4 is 12.4 Å². The van der Waals surface area contributed by atoms with Crippen LogP contribution in [-0.4, -0.2) is 6.54 Å². The molecule has 0 aromatic rings. The van der Waals surface area contributed by atoms with Crippen LogP contribution >= 0.6 is 12.4 Å². The third-order valence-electron chi connectivity index (χ3n) is 2.96. The highest BCUT2D eigenvalue weighted by molar-refractivity contribution is 5.85. The van der Waals surface area contributed by atoms with E-state index in [2.05, 4.69) is 13.8 Å². The number of unbranched alkanes of at least 4 members (excludes halogenated alkanes) is 6. The van der Waals surface area contributed by atoms with Crippen molar-refractivity contribution in [1.82, 2.24) is 0 Å². The molecule has 94 valence electrons. The third kappa shape index (κ3) is 14.2. The molecule has 0 saturated carbocycles. The Hall–Kier alpha value is 0.250. The average Bonchev–Trinajstić information content (AvgIpc) is 2.17. The smallest absolute Gasteiger partial charge is 0.00747 e. The van der Waals surface area contributed by atoms with E-state index < -0.39 is 0 Å². The van der Waals surface area contributed by atoms with Gasteiger partial charge in [-0.2, -0.15) is 0 Å². The van der Waals surface area contributed by atoms with E-state index in [1.165, 1.54) is 57.8 Å². The Morgan fingerprint density at radius 2 is 1.40 bits per heavy atom. The second-order valence-electron chi connectivity index (χ2n) is 4.59. The topological polar surface area (TPSA) is 26.0 Å². The van der Waals surface area contributed by atoms with Gasteiger partial charge in [0.1, 0.15) is 0 Å². The van der Waals surface area contributed by atoms with Crippen molar-refractivity contribution in [2.24, 2.45) is 11.7 Å². The molecule has 0 aliphatic rings. The van der Waals surface area contributed by atoms with Gasteiger partial charge in [0.2, 0.25) is 0 Å². The van der Waals surface area contributed by atoms with Gasteiger partial charge in [-0.3, -0.25) is 0 Å². The molecule has 0 radical (unpaired) electrons. The summed E-state index contributed by atoms with van der Waals surface area (Å²) in [6, 6.07) is 0. The fourth-order valence-corrected chi connectivity index (χ4v) is 1.88. The van der Waals surface area contributed by atoms with Crippen molar-refractivity contribution in [2.45, 2.75) is 71.6 Å². The summed E-state index contributed by atoms with van der Waals surface area (Å²) in [5.74, 6) is 0.843. The standard InChI is InChI=1S/C13H29N.ClH/c1-3-4-5-6-7-8-9-10-13(2)11-12-14;/h13H,3-12,14H2,1-2H3;1H. The Balaban J connectivity index is 0. The summed E-state index contributed by atoms with van der Waals surface area (Å²) >= 11 is 0. The van der Waals surface area contributed by atoms with Gasteiger partial charge in [0.15, 0.2) is 0 Å². The molecule has 2 heteroatoms. The van der Waals surface area contributed by atoms with Crippen molar-refractivity contribution in [3.63, 3.8) is 0 Å². The maximum atomic E-state index is 5.51. The van der Waals surface area contributed by atoms with Gasteiger partial charge < -0.3 is 5.73 Å². The molecule has 0 saturated heterocycles. The van der Waals surface area contributed by atoms with Crippen molar-refractivity contribution in [1.29, 1.82) is 0 Å². The van der Waals surface area contributed by atoms with E-state index >= 15 is 0 Å². The fourth-order valence-electron chi connectivity index (χ4n) is 1.88. The van der Waals surface area contributed by atoms with Gasteiger partial charge in [-0.05, 0) is 18.9 Å². The van der Waals surface area contributed by atoms with Crippen molar-refractivity contribution < 1.29 is 0 Å². The first-order valence-electron chi connectivity index (χ1n) is 6.51. The van der Waals surface area contributed by atoms with Gasteiger partial charge in [-0.1, -0.05) is 65.2 Å². The summed E-state index contributed by atoms with van der Waals surface area (Å²) in [5.41, 5.74) is 5.51. The molecular weight excluding hydrogens is 206 g/mol. The molecule has 0 rings (SSSR count). The lowest BCUT2D eigenvalue weighted by atomic mass is 9.99. The van der Waals surface area contributed by atoms with E-state index in [-0.39, 0.29) is 12.4 Å². The molecule has 1 nitrogen and oxygen atoms in total. The van der Waals surface area contributed by atoms with Crippen LogP contribution in [0.15, 0.2) is 0 Å². The van der Waals surface area contributed by atoms with E-state index in [0.717, 1.165) is 12.5 Å². The normalized spacial score (nSPS) is 12.2. The molecule has 1 unspecified atom stereocenters. The van der Waals surface area contributed by atoms with Crippen LogP contribution in [0.5, 0.6) is 0 Å². The SMILES string of the molecule is CCCCCCCCCC(C)CCN.Cl. The first kappa shape index (κ1) is 17.6. The van der Waals surface area contributed by atoms with Gasteiger partial charge in [0.05, 0.1) is 0 Å². The minimum Gasteiger partial charge on any atom is -0.330 e. The highest BCUT2D eigenvalue weighted by Gasteiger charge is 1.99. The Kier molecular flexibility index (Phi) is 16.8. The van der Waals surface area contributed by atoms with Crippen molar-refractivity contribution in [3.8, 4) is 0 Å². The molecule has 0 spiro atoms. The van der Waals surface area contributed by atoms with Crippen molar-refractivity contribution in [2.75, 3.05) is 6.54 Å². The van der Waals surface area contributed by atoms with Gasteiger partial charge >= 0.3 is 0 Å². The molecule has 0 fully saturated rings. The number of rotatable bonds is 10. The highest BCUT2D eigenvalue weighted by atomic mass is 35.5. The summed E-state index contributed by atoms with van der Waals surface area (Å²) in [6.45, 7) is 5.45. The molecular formula is C13H30ClN. The van der Waals surface area contributed by atoms with Gasteiger partial charge in [-0.15, -0.1) is 12.4 Å². The average molecular weight is 236 g/mol. The summed E-state index contributed by atoms with van der Waals surface area (Å²) in [7, 11) is 0. The minimum atomic E-state index is 0. The summed E-state index contributed by atoms with van der Waals surface area (Å²) < 4.78 is 0. The van der Waals surface area contributed by atoms with Gasteiger partial charge in [-0.25, -0.2) is 0 Å². The monoisotopic (exact) mass is 235 g/mol. The fraction of sp³-hybridized carbons (Fsp3) is 1.00. The van der Waals surface area contributed by atoms with Gasteiger partial charge in [0.25, 0.3) is 0 Å². The van der Waals surface area contributed by atoms with Crippen LogP contribution in [0.2, 0.25) is 0 Å². The largest absolute Gasteiger partial charge is 0.330 e. The third-order valence-corrected chi connectivity index (χ3v) is 2.96. The quantitative estimate of drug-likeness (QED) is 0.553. The first-order valence-corrected chi connectivity index (χ1v) is 6.51. The first-order chi connectivity index (χ1) is 6.81. The van der Waals surface area contributed by atoms with Crippen molar-refractivity contribution in [3.05, 3.63) is 0 Å². The second-order valence-corrected chi connectivity index (χ2v) is 4.59. The lowest BCUT2D eigenvalue weighted by molar-refractivity contribution is 0.460. The molecule has 0 aromatic heterocycles. The van der Waals surface area contributed by atoms with Crippen LogP contribution in [0.1, 0.15) is 71.6 Å². The molecule has 0 aliphatic heterocycles. The maximum Gasteiger partial charge on any atom is -0.00747 e. The Labute approximate surface area is 103 Å². The number of nitrogens with two attached hydrogens (primary N) is 1. The summed E-state index contributed by atoms with van der Waals surface area (Å²) in [4.78, 5) is 0. The molecule has 1 atom stereocenters. The molecule has 0 aromatic carbocycles. The van der Waals surface area contributed by atoms with Crippen LogP contribution in [0.3, 0.4) is 0 Å². The summed E-state index contributed by atoms with van der Waals surface area (Å²) in [6.07, 6.45) is 12.5. The second kappa shape index (κ2) is 14.2.